The molecule has 22 heavy (non-hydrogen) atoms. The molecule has 0 aromatic heterocycles. The van der Waals surface area contributed by atoms with Crippen LogP contribution in [0.1, 0.15) is 36.3 Å². The molecule has 0 heterocycles. The van der Waals surface area contributed by atoms with Crippen molar-refractivity contribution in [3.8, 4) is 5.75 Å². The van der Waals surface area contributed by atoms with Crippen LogP contribution in [-0.4, -0.2) is 26.6 Å². The molecule has 0 unspecified atom stereocenters. The van der Waals surface area contributed by atoms with Gasteiger partial charge in [0.25, 0.3) is 0 Å². The molecule has 0 bridgehead atoms. The molecule has 0 radical (unpaired) electrons. The van der Waals surface area contributed by atoms with Crippen LogP contribution in [0.4, 0.5) is 0 Å². The van der Waals surface area contributed by atoms with Crippen LogP contribution in [0, 0.1) is 5.92 Å². The molecule has 0 saturated heterocycles. The van der Waals surface area contributed by atoms with Crippen LogP contribution >= 0.6 is 0 Å². The second-order valence-corrected chi connectivity index (χ2v) is 5.86. The van der Waals surface area contributed by atoms with E-state index in [0.717, 1.165) is 24.2 Å². The summed E-state index contributed by atoms with van der Waals surface area (Å²) < 4.78 is 10.6. The van der Waals surface area contributed by atoms with E-state index in [9.17, 15) is 4.79 Å². The number of rotatable bonds is 6. The first-order chi connectivity index (χ1) is 10.7. The summed E-state index contributed by atoms with van der Waals surface area (Å²) in [6.45, 7) is 0.404. The van der Waals surface area contributed by atoms with Crippen LogP contribution in [0.2, 0.25) is 0 Å². The standard InChI is InChI=1S/C17H21NO4/c1-20-9-11-7-15(21-2)16(17(11)19)14-8-12(22-18)5-6-13(14)10-3-4-10/h5-6,8,10-11H,3-4,7,9,18H2,1-2H3/t11-/m1/s1. The lowest BCUT2D eigenvalue weighted by molar-refractivity contribution is -0.118. The van der Waals surface area contributed by atoms with Gasteiger partial charge in [0, 0.05) is 13.5 Å². The van der Waals surface area contributed by atoms with E-state index in [0.29, 0.717) is 30.3 Å². The van der Waals surface area contributed by atoms with Crippen LogP contribution in [0.15, 0.2) is 24.0 Å². The Labute approximate surface area is 130 Å². The average molecular weight is 303 g/mol. The number of benzene rings is 1. The summed E-state index contributed by atoms with van der Waals surface area (Å²) >= 11 is 0. The Morgan fingerprint density at radius 3 is 2.64 bits per heavy atom. The minimum Gasteiger partial charge on any atom is -0.500 e. The Kier molecular flexibility index (Phi) is 4.18. The first-order valence-electron chi connectivity index (χ1n) is 7.51. The number of carbonyl (C=O) groups is 1. The van der Waals surface area contributed by atoms with Gasteiger partial charge in [-0.25, -0.2) is 0 Å². The molecule has 0 spiro atoms. The van der Waals surface area contributed by atoms with Crippen LogP contribution in [0.5, 0.6) is 5.75 Å². The van der Waals surface area contributed by atoms with Crippen molar-refractivity contribution in [3.63, 3.8) is 0 Å². The number of ether oxygens (including phenoxy) is 2. The van der Waals surface area contributed by atoms with Gasteiger partial charge in [0.15, 0.2) is 5.78 Å². The molecule has 1 saturated carbocycles. The van der Waals surface area contributed by atoms with Gasteiger partial charge in [-0.05, 0) is 42.0 Å². The lowest BCUT2D eigenvalue weighted by Crippen LogP contribution is -2.16. The van der Waals surface area contributed by atoms with Gasteiger partial charge in [-0.15, -0.1) is 0 Å². The van der Waals surface area contributed by atoms with Crippen molar-refractivity contribution >= 4 is 11.4 Å². The van der Waals surface area contributed by atoms with E-state index in [-0.39, 0.29) is 11.7 Å². The Morgan fingerprint density at radius 2 is 2.05 bits per heavy atom. The number of carbonyl (C=O) groups excluding carboxylic acids is 1. The number of Topliss-reactive ketones (excluding diaryl/α,β-unsaturated/α-hetero) is 1. The van der Waals surface area contributed by atoms with Gasteiger partial charge >= 0.3 is 0 Å². The lowest BCUT2D eigenvalue weighted by atomic mass is 9.93. The van der Waals surface area contributed by atoms with E-state index in [2.05, 4.69) is 0 Å². The summed E-state index contributed by atoms with van der Waals surface area (Å²) in [5.74, 6) is 6.97. The molecule has 2 N–H and O–H groups in total. The zero-order chi connectivity index (χ0) is 15.7. The predicted molar refractivity (Wildman–Crippen MR) is 82.2 cm³/mol. The van der Waals surface area contributed by atoms with Crippen molar-refractivity contribution in [1.82, 2.24) is 0 Å². The molecule has 0 aliphatic heterocycles. The van der Waals surface area contributed by atoms with E-state index in [1.54, 1.807) is 14.2 Å². The summed E-state index contributed by atoms with van der Waals surface area (Å²) in [6.07, 6.45) is 2.89. The molecule has 1 aromatic carbocycles. The predicted octanol–water partition coefficient (Wildman–Crippen LogP) is 2.41. The number of allylic oxidation sites excluding steroid dienone is 2. The molecule has 0 amide bonds. The molecule has 1 aromatic rings. The second kappa shape index (κ2) is 6.10. The van der Waals surface area contributed by atoms with E-state index < -0.39 is 0 Å². The highest BCUT2D eigenvalue weighted by molar-refractivity contribution is 6.25. The Balaban J connectivity index is 2.06. The van der Waals surface area contributed by atoms with E-state index in [1.165, 1.54) is 5.56 Å². The van der Waals surface area contributed by atoms with E-state index in [4.69, 9.17) is 20.2 Å². The highest BCUT2D eigenvalue weighted by Crippen LogP contribution is 2.46. The second-order valence-electron chi connectivity index (χ2n) is 5.86. The summed E-state index contributed by atoms with van der Waals surface area (Å²) in [7, 11) is 3.22. The van der Waals surface area contributed by atoms with Crippen molar-refractivity contribution < 1.29 is 19.1 Å². The Hall–Kier alpha value is -1.85. The topological polar surface area (TPSA) is 70.8 Å². The van der Waals surface area contributed by atoms with E-state index >= 15 is 0 Å². The van der Waals surface area contributed by atoms with E-state index in [1.807, 2.05) is 18.2 Å². The van der Waals surface area contributed by atoms with Gasteiger partial charge in [-0.2, -0.15) is 5.90 Å². The highest BCUT2D eigenvalue weighted by atomic mass is 16.6. The van der Waals surface area contributed by atoms with Crippen molar-refractivity contribution in [2.75, 3.05) is 20.8 Å². The van der Waals surface area contributed by atoms with Gasteiger partial charge < -0.3 is 14.3 Å². The normalized spacial score (nSPS) is 21.4. The summed E-state index contributed by atoms with van der Waals surface area (Å²) in [4.78, 5) is 17.6. The average Bonchev–Trinajstić information content (AvgIpc) is 3.33. The van der Waals surface area contributed by atoms with Gasteiger partial charge in [0.2, 0.25) is 0 Å². The molecular weight excluding hydrogens is 282 g/mol. The largest absolute Gasteiger partial charge is 0.500 e. The molecular formula is C17H21NO4. The SMILES string of the molecule is COC[C@H]1CC(OC)=C(c2cc(ON)ccc2C2CC2)C1=O. The van der Waals surface area contributed by atoms with Crippen LogP contribution in [0.3, 0.4) is 0 Å². The third kappa shape index (κ3) is 2.62. The number of hydrogen-bond acceptors (Lipinski definition) is 5. The van der Waals surface area contributed by atoms with Gasteiger partial charge in [0.1, 0.15) is 11.5 Å². The fourth-order valence-electron chi connectivity index (χ4n) is 3.14. The smallest absolute Gasteiger partial charge is 0.172 e. The fraction of sp³-hybridized carbons (Fsp3) is 0.471. The number of nitrogens with two attached hydrogens (primary N) is 1. The minimum absolute atomic E-state index is 0.0785. The maximum Gasteiger partial charge on any atom is 0.172 e. The monoisotopic (exact) mass is 303 g/mol. The van der Waals surface area contributed by atoms with Gasteiger partial charge in [0.05, 0.1) is 25.2 Å². The molecule has 2 aliphatic carbocycles. The van der Waals surface area contributed by atoms with Crippen molar-refractivity contribution in [2.24, 2.45) is 11.8 Å². The maximum atomic E-state index is 12.8. The van der Waals surface area contributed by atoms with Crippen molar-refractivity contribution in [2.45, 2.75) is 25.2 Å². The van der Waals surface area contributed by atoms with Crippen LogP contribution in [-0.2, 0) is 14.3 Å². The zero-order valence-electron chi connectivity index (χ0n) is 12.9. The highest BCUT2D eigenvalue weighted by Gasteiger charge is 2.38. The van der Waals surface area contributed by atoms with Crippen molar-refractivity contribution in [1.29, 1.82) is 0 Å². The minimum atomic E-state index is -0.176. The molecule has 118 valence electrons. The van der Waals surface area contributed by atoms with Gasteiger partial charge in [-0.3, -0.25) is 4.79 Å². The molecule has 1 fully saturated rings. The number of ketones is 1. The van der Waals surface area contributed by atoms with Crippen LogP contribution in [0.25, 0.3) is 5.57 Å². The van der Waals surface area contributed by atoms with Crippen molar-refractivity contribution in [3.05, 3.63) is 35.1 Å². The van der Waals surface area contributed by atoms with Crippen LogP contribution < -0.4 is 10.7 Å². The molecule has 2 aliphatic rings. The fourth-order valence-corrected chi connectivity index (χ4v) is 3.14. The first-order valence-corrected chi connectivity index (χ1v) is 7.51. The number of hydrogen-bond donors (Lipinski definition) is 1. The third-order valence-electron chi connectivity index (χ3n) is 4.39. The summed E-state index contributed by atoms with van der Waals surface area (Å²) in [5, 5.41) is 0. The quantitative estimate of drug-likeness (QED) is 0.817. The first kappa shape index (κ1) is 15.1. The summed E-state index contributed by atoms with van der Waals surface area (Å²) in [5.41, 5.74) is 2.73. The Bertz CT molecular complexity index is 619. The third-order valence-corrected chi connectivity index (χ3v) is 4.39. The molecule has 3 rings (SSSR count). The van der Waals surface area contributed by atoms with Gasteiger partial charge in [-0.1, -0.05) is 6.07 Å². The maximum absolute atomic E-state index is 12.8. The lowest BCUT2D eigenvalue weighted by Gasteiger charge is -2.13. The molecule has 5 heteroatoms. The summed E-state index contributed by atoms with van der Waals surface area (Å²) in [6, 6.07) is 5.69. The Morgan fingerprint density at radius 1 is 1.27 bits per heavy atom. The molecule has 5 nitrogen and oxygen atoms in total. The molecule has 1 atom stereocenters. The zero-order valence-corrected chi connectivity index (χ0v) is 12.9. The number of methoxy groups -OCH3 is 2.